The van der Waals surface area contributed by atoms with E-state index >= 15 is 0 Å². The minimum Gasteiger partial charge on any atom is -0.371 e. The van der Waals surface area contributed by atoms with E-state index in [-0.39, 0.29) is 11.9 Å². The van der Waals surface area contributed by atoms with Crippen LogP contribution < -0.4 is 0 Å². The summed E-state index contributed by atoms with van der Waals surface area (Å²) in [6.07, 6.45) is -0.0387. The van der Waals surface area contributed by atoms with Gasteiger partial charge in [-0.1, -0.05) is 42.5 Å². The van der Waals surface area contributed by atoms with E-state index in [9.17, 15) is 4.39 Å². The van der Waals surface area contributed by atoms with Gasteiger partial charge in [0.1, 0.15) is 5.82 Å². The second kappa shape index (κ2) is 6.16. The zero-order valence-electron chi connectivity index (χ0n) is 11.3. The third kappa shape index (κ3) is 3.24. The molecule has 1 aliphatic rings. The van der Waals surface area contributed by atoms with E-state index in [1.54, 1.807) is 12.1 Å². The summed E-state index contributed by atoms with van der Waals surface area (Å²) in [6.45, 7) is 3.32. The van der Waals surface area contributed by atoms with Gasteiger partial charge in [-0.3, -0.25) is 4.90 Å². The van der Waals surface area contributed by atoms with Crippen LogP contribution in [0.25, 0.3) is 0 Å². The molecule has 2 aromatic carbocycles. The van der Waals surface area contributed by atoms with E-state index in [2.05, 4.69) is 29.2 Å². The summed E-state index contributed by atoms with van der Waals surface area (Å²) >= 11 is 0. The quantitative estimate of drug-likeness (QED) is 0.848. The molecule has 0 amide bonds. The van der Waals surface area contributed by atoms with E-state index in [0.717, 1.165) is 25.2 Å². The van der Waals surface area contributed by atoms with Crippen LogP contribution in [0.3, 0.4) is 0 Å². The molecule has 1 atom stereocenters. The van der Waals surface area contributed by atoms with E-state index in [1.807, 2.05) is 12.1 Å². The van der Waals surface area contributed by atoms with Gasteiger partial charge in [0.2, 0.25) is 0 Å². The lowest BCUT2D eigenvalue weighted by atomic mass is 10.1. The Bertz CT molecular complexity index is 558. The molecule has 0 bridgehead atoms. The molecule has 3 rings (SSSR count). The van der Waals surface area contributed by atoms with Crippen LogP contribution in [0, 0.1) is 5.82 Å². The maximum atomic E-state index is 13.3. The molecule has 1 aliphatic heterocycles. The monoisotopic (exact) mass is 271 g/mol. The molecule has 0 aliphatic carbocycles. The highest BCUT2D eigenvalue weighted by atomic mass is 19.1. The number of morpholine rings is 1. The Kier molecular flexibility index (Phi) is 4.09. The molecule has 0 aromatic heterocycles. The van der Waals surface area contributed by atoms with Crippen molar-refractivity contribution in [1.82, 2.24) is 4.90 Å². The van der Waals surface area contributed by atoms with Crippen molar-refractivity contribution in [2.75, 3.05) is 19.7 Å². The smallest absolute Gasteiger partial charge is 0.123 e. The average molecular weight is 271 g/mol. The molecule has 2 nitrogen and oxygen atoms in total. The number of ether oxygens (including phenoxy) is 1. The summed E-state index contributed by atoms with van der Waals surface area (Å²) < 4.78 is 19.1. The van der Waals surface area contributed by atoms with Crippen LogP contribution in [0.2, 0.25) is 0 Å². The summed E-state index contributed by atoms with van der Waals surface area (Å²) in [5, 5.41) is 0. The van der Waals surface area contributed by atoms with Gasteiger partial charge in [-0.15, -0.1) is 0 Å². The lowest BCUT2D eigenvalue weighted by molar-refractivity contribution is -0.0330. The van der Waals surface area contributed by atoms with Crippen molar-refractivity contribution in [3.63, 3.8) is 0 Å². The first-order chi connectivity index (χ1) is 9.81. The van der Waals surface area contributed by atoms with Crippen LogP contribution in [0.5, 0.6) is 0 Å². The van der Waals surface area contributed by atoms with Gasteiger partial charge in [0.05, 0.1) is 12.7 Å². The zero-order chi connectivity index (χ0) is 13.8. The third-order valence-corrected chi connectivity index (χ3v) is 3.62. The third-order valence-electron chi connectivity index (χ3n) is 3.62. The Hall–Kier alpha value is -1.71. The normalized spacial score (nSPS) is 19.9. The van der Waals surface area contributed by atoms with Crippen molar-refractivity contribution >= 4 is 0 Å². The predicted molar refractivity (Wildman–Crippen MR) is 76.8 cm³/mol. The summed E-state index contributed by atoms with van der Waals surface area (Å²) in [7, 11) is 0. The molecular formula is C17H18FNO. The van der Waals surface area contributed by atoms with Crippen molar-refractivity contribution < 1.29 is 9.13 Å². The number of hydrogen-bond donors (Lipinski definition) is 0. The van der Waals surface area contributed by atoms with Gasteiger partial charge in [0, 0.05) is 19.6 Å². The molecule has 3 heteroatoms. The van der Waals surface area contributed by atoms with Crippen LogP contribution >= 0.6 is 0 Å². The molecule has 0 spiro atoms. The van der Waals surface area contributed by atoms with Gasteiger partial charge in [-0.2, -0.15) is 0 Å². The number of hydrogen-bond acceptors (Lipinski definition) is 2. The second-order valence-corrected chi connectivity index (χ2v) is 5.14. The molecule has 2 aromatic rings. The molecule has 0 radical (unpaired) electrons. The van der Waals surface area contributed by atoms with Crippen molar-refractivity contribution in [2.24, 2.45) is 0 Å². The minimum atomic E-state index is -0.203. The number of halogens is 1. The Balaban J connectivity index is 1.67. The SMILES string of the molecule is Fc1cccc(C2CN(Cc3ccccc3)CCO2)c1. The Morgan fingerprint density at radius 2 is 1.95 bits per heavy atom. The summed E-state index contributed by atoms with van der Waals surface area (Å²) in [6, 6.07) is 17.1. The maximum absolute atomic E-state index is 13.3. The Morgan fingerprint density at radius 1 is 1.10 bits per heavy atom. The molecule has 1 saturated heterocycles. The Labute approximate surface area is 118 Å². The fourth-order valence-electron chi connectivity index (χ4n) is 2.60. The minimum absolute atomic E-state index is 0.0387. The van der Waals surface area contributed by atoms with Crippen LogP contribution in [0.1, 0.15) is 17.2 Å². The zero-order valence-corrected chi connectivity index (χ0v) is 11.3. The van der Waals surface area contributed by atoms with Gasteiger partial charge in [0.15, 0.2) is 0 Å². The molecule has 0 N–H and O–H groups in total. The summed E-state index contributed by atoms with van der Waals surface area (Å²) in [5.74, 6) is -0.203. The molecule has 1 fully saturated rings. The van der Waals surface area contributed by atoms with Crippen LogP contribution in [0.4, 0.5) is 4.39 Å². The number of benzene rings is 2. The van der Waals surface area contributed by atoms with Crippen LogP contribution in [-0.2, 0) is 11.3 Å². The maximum Gasteiger partial charge on any atom is 0.123 e. The predicted octanol–water partition coefficient (Wildman–Crippen LogP) is 3.40. The van der Waals surface area contributed by atoms with Crippen molar-refractivity contribution in [2.45, 2.75) is 12.6 Å². The lowest BCUT2D eigenvalue weighted by Crippen LogP contribution is -2.37. The summed E-state index contributed by atoms with van der Waals surface area (Å²) in [5.41, 5.74) is 2.22. The first-order valence-electron chi connectivity index (χ1n) is 6.94. The van der Waals surface area contributed by atoms with Crippen molar-refractivity contribution in [3.8, 4) is 0 Å². The van der Waals surface area contributed by atoms with Gasteiger partial charge in [-0.05, 0) is 23.3 Å². The molecule has 104 valence electrons. The molecule has 0 saturated carbocycles. The molecular weight excluding hydrogens is 253 g/mol. The van der Waals surface area contributed by atoms with Gasteiger partial charge in [0.25, 0.3) is 0 Å². The van der Waals surface area contributed by atoms with E-state index in [1.165, 1.54) is 11.6 Å². The topological polar surface area (TPSA) is 12.5 Å². The van der Waals surface area contributed by atoms with Gasteiger partial charge < -0.3 is 4.74 Å². The largest absolute Gasteiger partial charge is 0.371 e. The molecule has 1 heterocycles. The highest BCUT2D eigenvalue weighted by Crippen LogP contribution is 2.23. The van der Waals surface area contributed by atoms with Crippen molar-refractivity contribution in [1.29, 1.82) is 0 Å². The fourth-order valence-corrected chi connectivity index (χ4v) is 2.60. The highest BCUT2D eigenvalue weighted by molar-refractivity contribution is 5.20. The average Bonchev–Trinajstić information content (AvgIpc) is 2.49. The highest BCUT2D eigenvalue weighted by Gasteiger charge is 2.22. The van der Waals surface area contributed by atoms with E-state index in [0.29, 0.717) is 6.61 Å². The number of rotatable bonds is 3. The summed E-state index contributed by atoms with van der Waals surface area (Å²) in [4.78, 5) is 2.36. The van der Waals surface area contributed by atoms with Gasteiger partial charge in [-0.25, -0.2) is 4.39 Å². The van der Waals surface area contributed by atoms with Crippen molar-refractivity contribution in [3.05, 3.63) is 71.5 Å². The van der Waals surface area contributed by atoms with E-state index < -0.39 is 0 Å². The standard InChI is InChI=1S/C17H18FNO/c18-16-8-4-7-15(11-16)17-13-19(9-10-20-17)12-14-5-2-1-3-6-14/h1-8,11,17H,9-10,12-13H2. The Morgan fingerprint density at radius 3 is 2.75 bits per heavy atom. The second-order valence-electron chi connectivity index (χ2n) is 5.14. The van der Waals surface area contributed by atoms with Crippen LogP contribution in [-0.4, -0.2) is 24.6 Å². The van der Waals surface area contributed by atoms with Gasteiger partial charge >= 0.3 is 0 Å². The number of nitrogens with zero attached hydrogens (tertiary/aromatic N) is 1. The first kappa shape index (κ1) is 13.3. The molecule has 1 unspecified atom stereocenters. The fraction of sp³-hybridized carbons (Fsp3) is 0.294. The van der Waals surface area contributed by atoms with E-state index in [4.69, 9.17) is 4.74 Å². The van der Waals surface area contributed by atoms with Crippen LogP contribution in [0.15, 0.2) is 54.6 Å². The first-order valence-corrected chi connectivity index (χ1v) is 6.94. The molecule has 20 heavy (non-hydrogen) atoms. The lowest BCUT2D eigenvalue weighted by Gasteiger charge is -2.33.